The van der Waals surface area contributed by atoms with Crippen molar-refractivity contribution in [2.24, 2.45) is 0 Å². The van der Waals surface area contributed by atoms with E-state index in [-0.39, 0.29) is 5.82 Å². The van der Waals surface area contributed by atoms with Gasteiger partial charge in [0.1, 0.15) is 18.0 Å². The predicted octanol–water partition coefficient (Wildman–Crippen LogP) is -1.93. The largest absolute Gasteiger partial charge is 0.394 e. The standard InChI is InChI=1S/C10H13F2N3O5/c11-7(12)10(19)6(17)4(3-16)20-8(10)15-2-1-5(13)14-9(15)18/h1-2,4,6-8,16-17,19H,3H2,(H2,13,14,18)/t4-,6-,8+,10-/m1/s1. The molecule has 0 aliphatic carbocycles. The first-order valence-electron chi connectivity index (χ1n) is 5.62. The Bertz CT molecular complexity index is 554. The van der Waals surface area contributed by atoms with Gasteiger partial charge in [-0.2, -0.15) is 4.98 Å². The molecule has 112 valence electrons. The van der Waals surface area contributed by atoms with Crippen LogP contribution in [0.25, 0.3) is 0 Å². The van der Waals surface area contributed by atoms with Crippen LogP contribution in [0.1, 0.15) is 6.23 Å². The van der Waals surface area contributed by atoms with E-state index in [2.05, 4.69) is 4.98 Å². The predicted molar refractivity (Wildman–Crippen MR) is 60.9 cm³/mol. The topological polar surface area (TPSA) is 131 Å². The zero-order valence-electron chi connectivity index (χ0n) is 10.1. The summed E-state index contributed by atoms with van der Waals surface area (Å²) in [6.45, 7) is -0.802. The van der Waals surface area contributed by atoms with Gasteiger partial charge in [-0.25, -0.2) is 13.6 Å². The first kappa shape index (κ1) is 14.8. The lowest BCUT2D eigenvalue weighted by Gasteiger charge is -2.30. The molecule has 20 heavy (non-hydrogen) atoms. The number of alkyl halides is 2. The second-order valence-electron chi connectivity index (χ2n) is 4.38. The normalized spacial score (nSPS) is 33.8. The molecule has 0 spiro atoms. The van der Waals surface area contributed by atoms with Gasteiger partial charge in [0.05, 0.1) is 6.61 Å². The van der Waals surface area contributed by atoms with Crippen LogP contribution < -0.4 is 11.4 Å². The van der Waals surface area contributed by atoms with E-state index >= 15 is 0 Å². The van der Waals surface area contributed by atoms with Crippen LogP contribution in [0.2, 0.25) is 0 Å². The minimum atomic E-state index is -3.41. The maximum atomic E-state index is 13.1. The average molecular weight is 293 g/mol. The molecule has 1 aromatic heterocycles. The van der Waals surface area contributed by atoms with Gasteiger partial charge in [-0.15, -0.1) is 0 Å². The van der Waals surface area contributed by atoms with Crippen molar-refractivity contribution in [1.82, 2.24) is 9.55 Å². The Labute approximate surface area is 111 Å². The number of aliphatic hydroxyl groups excluding tert-OH is 2. The molecule has 8 nitrogen and oxygen atoms in total. The Morgan fingerprint density at radius 1 is 1.60 bits per heavy atom. The first-order valence-corrected chi connectivity index (χ1v) is 5.62. The van der Waals surface area contributed by atoms with Gasteiger partial charge in [0.25, 0.3) is 6.43 Å². The number of hydrogen-bond acceptors (Lipinski definition) is 7. The minimum Gasteiger partial charge on any atom is -0.394 e. The van der Waals surface area contributed by atoms with E-state index < -0.39 is 42.8 Å². The minimum absolute atomic E-state index is 0.135. The van der Waals surface area contributed by atoms with Gasteiger partial charge in [-0.3, -0.25) is 4.57 Å². The third kappa shape index (κ3) is 2.06. The molecule has 10 heteroatoms. The lowest BCUT2D eigenvalue weighted by atomic mass is 9.94. The molecular formula is C10H13F2N3O5. The summed E-state index contributed by atoms with van der Waals surface area (Å²) in [5.74, 6) is -0.135. The molecule has 0 radical (unpaired) electrons. The number of halogens is 2. The van der Waals surface area contributed by atoms with Gasteiger partial charge >= 0.3 is 5.69 Å². The van der Waals surface area contributed by atoms with E-state index in [0.717, 1.165) is 12.3 Å². The number of ether oxygens (including phenoxy) is 1. The Hall–Kier alpha value is -1.62. The fraction of sp³-hybridized carbons (Fsp3) is 0.600. The first-order chi connectivity index (χ1) is 9.32. The van der Waals surface area contributed by atoms with Crippen molar-refractivity contribution in [3.8, 4) is 0 Å². The summed E-state index contributed by atoms with van der Waals surface area (Å²) in [5, 5.41) is 28.6. The van der Waals surface area contributed by atoms with Gasteiger partial charge in [0, 0.05) is 6.20 Å². The third-order valence-corrected chi connectivity index (χ3v) is 3.16. The summed E-state index contributed by atoms with van der Waals surface area (Å²) in [4.78, 5) is 15.0. The molecule has 0 bridgehead atoms. The summed E-state index contributed by atoms with van der Waals surface area (Å²) >= 11 is 0. The number of nitrogens with two attached hydrogens (primary N) is 1. The molecular weight excluding hydrogens is 280 g/mol. The highest BCUT2D eigenvalue weighted by Gasteiger charge is 2.62. The maximum Gasteiger partial charge on any atom is 0.351 e. The van der Waals surface area contributed by atoms with Crippen molar-refractivity contribution < 1.29 is 28.8 Å². The number of aromatic nitrogens is 2. The highest BCUT2D eigenvalue weighted by atomic mass is 19.3. The van der Waals surface area contributed by atoms with Gasteiger partial charge in [0.15, 0.2) is 11.8 Å². The average Bonchev–Trinajstić information content (AvgIpc) is 2.64. The van der Waals surface area contributed by atoms with Crippen molar-refractivity contribution in [2.45, 2.75) is 30.5 Å². The van der Waals surface area contributed by atoms with E-state index in [1.807, 2.05) is 0 Å². The van der Waals surface area contributed by atoms with Crippen molar-refractivity contribution in [2.75, 3.05) is 12.3 Å². The molecule has 1 aliphatic heterocycles. The van der Waals surface area contributed by atoms with E-state index in [4.69, 9.17) is 15.6 Å². The van der Waals surface area contributed by atoms with Crippen LogP contribution in [-0.2, 0) is 4.74 Å². The number of nitrogens with zero attached hydrogens (tertiary/aromatic N) is 2. The van der Waals surface area contributed by atoms with E-state index in [1.54, 1.807) is 0 Å². The summed E-state index contributed by atoms with van der Waals surface area (Å²) in [5.41, 5.74) is 1.19. The van der Waals surface area contributed by atoms with Crippen molar-refractivity contribution in [3.63, 3.8) is 0 Å². The molecule has 0 unspecified atom stereocenters. The third-order valence-electron chi connectivity index (χ3n) is 3.16. The molecule has 0 saturated carbocycles. The maximum absolute atomic E-state index is 13.1. The molecule has 0 aromatic carbocycles. The van der Waals surface area contributed by atoms with Crippen LogP contribution >= 0.6 is 0 Å². The summed E-state index contributed by atoms with van der Waals surface area (Å²) in [6, 6.07) is 1.15. The van der Waals surface area contributed by atoms with Gasteiger partial charge in [-0.05, 0) is 6.07 Å². The van der Waals surface area contributed by atoms with Crippen LogP contribution in [-0.4, -0.2) is 55.7 Å². The highest BCUT2D eigenvalue weighted by molar-refractivity contribution is 5.24. The second kappa shape index (κ2) is 5.05. The van der Waals surface area contributed by atoms with Crippen LogP contribution in [0.15, 0.2) is 17.1 Å². The second-order valence-corrected chi connectivity index (χ2v) is 4.38. The Morgan fingerprint density at radius 2 is 2.25 bits per heavy atom. The van der Waals surface area contributed by atoms with E-state index in [1.165, 1.54) is 0 Å². The van der Waals surface area contributed by atoms with Gasteiger partial charge in [-0.1, -0.05) is 0 Å². The Morgan fingerprint density at radius 3 is 2.75 bits per heavy atom. The quantitative estimate of drug-likeness (QED) is 0.510. The fourth-order valence-corrected chi connectivity index (χ4v) is 2.07. The number of hydrogen-bond donors (Lipinski definition) is 4. The molecule has 2 rings (SSSR count). The monoisotopic (exact) mass is 293 g/mol. The number of nitrogen functional groups attached to an aromatic ring is 1. The molecule has 1 aliphatic rings. The molecule has 1 saturated heterocycles. The van der Waals surface area contributed by atoms with Crippen LogP contribution in [0.4, 0.5) is 14.6 Å². The number of aliphatic hydroxyl groups is 3. The smallest absolute Gasteiger partial charge is 0.351 e. The highest BCUT2D eigenvalue weighted by Crippen LogP contribution is 2.41. The lowest BCUT2D eigenvalue weighted by Crippen LogP contribution is -2.54. The van der Waals surface area contributed by atoms with Gasteiger partial charge in [0.2, 0.25) is 0 Å². The summed E-state index contributed by atoms with van der Waals surface area (Å²) in [6.07, 6.45) is -7.82. The number of anilines is 1. The van der Waals surface area contributed by atoms with E-state index in [0.29, 0.717) is 4.57 Å². The summed E-state index contributed by atoms with van der Waals surface area (Å²) in [7, 11) is 0. The molecule has 0 amide bonds. The summed E-state index contributed by atoms with van der Waals surface area (Å²) < 4.78 is 31.7. The molecule has 5 N–H and O–H groups in total. The van der Waals surface area contributed by atoms with Crippen molar-refractivity contribution in [3.05, 3.63) is 22.7 Å². The SMILES string of the molecule is Nc1ccn([C@H]2O[C@H](CO)[C@@H](O)[C@@]2(O)C(F)F)c(=O)n1. The van der Waals surface area contributed by atoms with E-state index in [9.17, 15) is 23.8 Å². The molecule has 1 fully saturated rings. The van der Waals surface area contributed by atoms with Crippen molar-refractivity contribution in [1.29, 1.82) is 0 Å². The molecule has 2 heterocycles. The number of rotatable bonds is 3. The van der Waals surface area contributed by atoms with Crippen LogP contribution in [0.5, 0.6) is 0 Å². The Balaban J connectivity index is 2.51. The fourth-order valence-electron chi connectivity index (χ4n) is 2.07. The van der Waals surface area contributed by atoms with Crippen molar-refractivity contribution >= 4 is 5.82 Å². The molecule has 1 aromatic rings. The lowest BCUT2D eigenvalue weighted by molar-refractivity contribution is -0.185. The van der Waals surface area contributed by atoms with Crippen LogP contribution in [0, 0.1) is 0 Å². The zero-order valence-corrected chi connectivity index (χ0v) is 10.1. The van der Waals surface area contributed by atoms with Gasteiger partial charge < -0.3 is 25.8 Å². The molecule has 4 atom stereocenters. The van der Waals surface area contributed by atoms with Crippen LogP contribution in [0.3, 0.4) is 0 Å². The Kier molecular flexibility index (Phi) is 3.73. The zero-order chi connectivity index (χ0) is 15.1.